The average molecular weight is 329 g/mol. The molecule has 0 bridgehead atoms. The van der Waals surface area contributed by atoms with E-state index >= 15 is 0 Å². The van der Waals surface area contributed by atoms with Crippen LogP contribution in [0.4, 0.5) is 0 Å². The molecule has 0 radical (unpaired) electrons. The lowest BCUT2D eigenvalue weighted by atomic mass is 10.2. The highest BCUT2D eigenvalue weighted by atomic mass is 16.5. The van der Waals surface area contributed by atoms with Crippen molar-refractivity contribution in [2.24, 2.45) is 0 Å². The molecular formula is C17H19N3O4. The molecule has 0 saturated carbocycles. The third-order valence-electron chi connectivity index (χ3n) is 3.35. The first-order valence-corrected chi connectivity index (χ1v) is 7.57. The van der Waals surface area contributed by atoms with Crippen molar-refractivity contribution >= 4 is 11.9 Å². The predicted molar refractivity (Wildman–Crippen MR) is 87.6 cm³/mol. The molecular weight excluding hydrogens is 310 g/mol. The number of esters is 1. The number of nitrogens with one attached hydrogen (secondary N) is 1. The van der Waals surface area contributed by atoms with Gasteiger partial charge in [-0.3, -0.25) is 14.4 Å². The van der Waals surface area contributed by atoms with Crippen molar-refractivity contribution in [3.8, 4) is 0 Å². The van der Waals surface area contributed by atoms with E-state index in [-0.39, 0.29) is 29.6 Å². The zero-order valence-electron chi connectivity index (χ0n) is 13.4. The Hall–Kier alpha value is -2.96. The number of carbonyl (C=O) groups is 2. The van der Waals surface area contributed by atoms with Crippen LogP contribution in [0, 0.1) is 0 Å². The summed E-state index contributed by atoms with van der Waals surface area (Å²) in [5.41, 5.74) is 0.799. The van der Waals surface area contributed by atoms with Gasteiger partial charge in [-0.2, -0.15) is 5.10 Å². The van der Waals surface area contributed by atoms with Crippen LogP contribution in [-0.2, 0) is 16.1 Å². The fourth-order valence-electron chi connectivity index (χ4n) is 2.07. The van der Waals surface area contributed by atoms with E-state index in [0.717, 1.165) is 5.56 Å². The highest BCUT2D eigenvalue weighted by molar-refractivity contribution is 5.91. The van der Waals surface area contributed by atoms with E-state index in [9.17, 15) is 14.4 Å². The monoisotopic (exact) mass is 329 g/mol. The second kappa shape index (κ2) is 8.61. The first-order chi connectivity index (χ1) is 11.6. The predicted octanol–water partition coefficient (Wildman–Crippen LogP) is 0.975. The van der Waals surface area contributed by atoms with Gasteiger partial charge in [0.2, 0.25) is 0 Å². The van der Waals surface area contributed by atoms with Gasteiger partial charge < -0.3 is 10.1 Å². The van der Waals surface area contributed by atoms with E-state index < -0.39 is 0 Å². The summed E-state index contributed by atoms with van der Waals surface area (Å²) in [6.07, 6.45) is 0.708. The molecule has 2 rings (SSSR count). The molecule has 7 nitrogen and oxygen atoms in total. The minimum absolute atomic E-state index is 0.156. The molecule has 1 heterocycles. The molecule has 1 N–H and O–H groups in total. The van der Waals surface area contributed by atoms with Gasteiger partial charge in [0.25, 0.3) is 11.5 Å². The summed E-state index contributed by atoms with van der Waals surface area (Å²) in [7, 11) is 1.32. The van der Waals surface area contributed by atoms with Crippen LogP contribution in [-0.4, -0.2) is 35.3 Å². The van der Waals surface area contributed by atoms with Crippen molar-refractivity contribution in [1.82, 2.24) is 15.1 Å². The summed E-state index contributed by atoms with van der Waals surface area (Å²) in [4.78, 5) is 35.0. The third kappa shape index (κ3) is 5.05. The molecule has 0 spiro atoms. The zero-order valence-corrected chi connectivity index (χ0v) is 13.4. The van der Waals surface area contributed by atoms with Gasteiger partial charge in [0.05, 0.1) is 13.7 Å². The fraction of sp³-hybridized carbons (Fsp3) is 0.294. The van der Waals surface area contributed by atoms with Crippen molar-refractivity contribution in [2.75, 3.05) is 13.7 Å². The van der Waals surface area contributed by atoms with Crippen LogP contribution in [0.25, 0.3) is 0 Å². The Bertz CT molecular complexity index is 756. The van der Waals surface area contributed by atoms with E-state index in [1.54, 1.807) is 0 Å². The van der Waals surface area contributed by atoms with Crippen LogP contribution in [0.3, 0.4) is 0 Å². The molecule has 0 fully saturated rings. The molecule has 24 heavy (non-hydrogen) atoms. The number of benzene rings is 1. The Morgan fingerprint density at radius 3 is 2.62 bits per heavy atom. The van der Waals surface area contributed by atoms with E-state index in [0.29, 0.717) is 19.5 Å². The molecule has 0 aliphatic rings. The highest BCUT2D eigenvalue weighted by Crippen LogP contribution is 2.00. The molecule has 2 aromatic rings. The van der Waals surface area contributed by atoms with Crippen LogP contribution in [0.1, 0.15) is 28.9 Å². The lowest BCUT2D eigenvalue weighted by Gasteiger charge is -2.08. The smallest absolute Gasteiger partial charge is 0.305 e. The highest BCUT2D eigenvalue weighted by Gasteiger charge is 2.10. The van der Waals surface area contributed by atoms with Crippen LogP contribution in [0.2, 0.25) is 0 Å². The van der Waals surface area contributed by atoms with Gasteiger partial charge in [0.15, 0.2) is 0 Å². The number of carbonyl (C=O) groups excluding carboxylic acids is 2. The van der Waals surface area contributed by atoms with Gasteiger partial charge >= 0.3 is 5.97 Å². The maximum atomic E-state index is 12.1. The van der Waals surface area contributed by atoms with E-state index in [1.807, 2.05) is 30.3 Å². The van der Waals surface area contributed by atoms with Gasteiger partial charge in [-0.05, 0) is 18.1 Å². The summed E-state index contributed by atoms with van der Waals surface area (Å²) >= 11 is 0. The van der Waals surface area contributed by atoms with Crippen LogP contribution < -0.4 is 10.9 Å². The Labute approximate surface area is 139 Å². The minimum atomic E-state index is -0.387. The summed E-state index contributed by atoms with van der Waals surface area (Å²) in [6.45, 7) is 0.622. The van der Waals surface area contributed by atoms with E-state index in [2.05, 4.69) is 15.2 Å². The lowest BCUT2D eigenvalue weighted by Crippen LogP contribution is -2.30. The van der Waals surface area contributed by atoms with Gasteiger partial charge in [-0.1, -0.05) is 30.3 Å². The zero-order chi connectivity index (χ0) is 17.4. The van der Waals surface area contributed by atoms with E-state index in [4.69, 9.17) is 0 Å². The molecule has 0 atom stereocenters. The number of hydrogen-bond acceptors (Lipinski definition) is 5. The third-order valence-corrected chi connectivity index (χ3v) is 3.35. The quantitative estimate of drug-likeness (QED) is 0.604. The lowest BCUT2D eigenvalue weighted by molar-refractivity contribution is -0.140. The van der Waals surface area contributed by atoms with Crippen LogP contribution >= 0.6 is 0 Å². The van der Waals surface area contributed by atoms with Gasteiger partial charge in [-0.15, -0.1) is 0 Å². The molecule has 0 unspecified atom stereocenters. The molecule has 1 aromatic carbocycles. The first kappa shape index (κ1) is 17.4. The standard InChI is InChI=1S/C17H19N3O4/c1-24-16(22)8-5-11-18-17(23)14-9-10-15(21)20(19-14)12-13-6-3-2-4-7-13/h2-4,6-7,9-10H,5,8,11-12H2,1H3,(H,18,23). The van der Waals surface area contributed by atoms with Crippen molar-refractivity contribution in [1.29, 1.82) is 0 Å². The number of hydrogen-bond donors (Lipinski definition) is 1. The molecule has 1 amide bonds. The summed E-state index contributed by atoms with van der Waals surface area (Å²) in [5.74, 6) is -0.708. The van der Waals surface area contributed by atoms with Crippen molar-refractivity contribution < 1.29 is 14.3 Å². The minimum Gasteiger partial charge on any atom is -0.469 e. The maximum absolute atomic E-state index is 12.1. The molecule has 7 heteroatoms. The van der Waals surface area contributed by atoms with Crippen molar-refractivity contribution in [2.45, 2.75) is 19.4 Å². The second-order valence-electron chi connectivity index (χ2n) is 5.14. The molecule has 0 saturated heterocycles. The van der Waals surface area contributed by atoms with Crippen molar-refractivity contribution in [3.05, 3.63) is 64.1 Å². The number of methoxy groups -OCH3 is 1. The Morgan fingerprint density at radius 1 is 1.17 bits per heavy atom. The number of amides is 1. The van der Waals surface area contributed by atoms with Crippen LogP contribution in [0.5, 0.6) is 0 Å². The Kier molecular flexibility index (Phi) is 6.24. The summed E-state index contributed by atoms with van der Waals surface area (Å²) < 4.78 is 5.77. The normalized spacial score (nSPS) is 10.2. The SMILES string of the molecule is COC(=O)CCCNC(=O)c1ccc(=O)n(Cc2ccccc2)n1. The van der Waals surface area contributed by atoms with Gasteiger partial charge in [0, 0.05) is 19.0 Å². The van der Waals surface area contributed by atoms with Crippen LogP contribution in [0.15, 0.2) is 47.3 Å². The largest absolute Gasteiger partial charge is 0.469 e. The number of nitrogens with zero attached hydrogens (tertiary/aromatic N) is 2. The topological polar surface area (TPSA) is 90.3 Å². The number of ether oxygens (including phenoxy) is 1. The second-order valence-corrected chi connectivity index (χ2v) is 5.14. The molecule has 1 aromatic heterocycles. The summed E-state index contributed by atoms with van der Waals surface area (Å²) in [6, 6.07) is 12.1. The Balaban J connectivity index is 1.98. The van der Waals surface area contributed by atoms with Gasteiger partial charge in [0.1, 0.15) is 5.69 Å². The van der Waals surface area contributed by atoms with E-state index in [1.165, 1.54) is 23.9 Å². The maximum Gasteiger partial charge on any atom is 0.305 e. The van der Waals surface area contributed by atoms with Crippen molar-refractivity contribution in [3.63, 3.8) is 0 Å². The molecule has 0 aliphatic carbocycles. The molecule has 126 valence electrons. The number of rotatable bonds is 7. The average Bonchev–Trinajstić information content (AvgIpc) is 2.61. The summed E-state index contributed by atoms with van der Waals surface area (Å²) in [5, 5.41) is 6.76. The first-order valence-electron chi connectivity index (χ1n) is 7.57. The fourth-order valence-corrected chi connectivity index (χ4v) is 2.07. The van der Waals surface area contributed by atoms with Gasteiger partial charge in [-0.25, -0.2) is 4.68 Å². The Morgan fingerprint density at radius 2 is 1.92 bits per heavy atom. The molecule has 0 aliphatic heterocycles. The number of aromatic nitrogens is 2.